The number of carbonyl (C=O) groups excluding carboxylic acids is 1. The van der Waals surface area contributed by atoms with Gasteiger partial charge in [0.25, 0.3) is 0 Å². The highest BCUT2D eigenvalue weighted by Crippen LogP contribution is 2.40. The van der Waals surface area contributed by atoms with Crippen LogP contribution in [0.5, 0.6) is 0 Å². The number of hydrogen-bond donors (Lipinski definition) is 1. The molecular weight excluding hydrogens is 394 g/mol. The summed E-state index contributed by atoms with van der Waals surface area (Å²) >= 11 is 1.45. The molecule has 1 saturated carbocycles. The first kappa shape index (κ1) is 20.6. The second kappa shape index (κ2) is 9.43. The monoisotopic (exact) mass is 421 g/mol. The summed E-state index contributed by atoms with van der Waals surface area (Å²) < 4.78 is 2.16. The zero-order valence-electron chi connectivity index (χ0n) is 17.4. The number of nitrogens with one attached hydrogen (secondary N) is 1. The van der Waals surface area contributed by atoms with Gasteiger partial charge in [0.15, 0.2) is 11.0 Å². The molecule has 0 atom stereocenters. The van der Waals surface area contributed by atoms with E-state index in [1.165, 1.54) is 22.9 Å². The summed E-state index contributed by atoms with van der Waals surface area (Å²) in [6.07, 6.45) is 6.64. The van der Waals surface area contributed by atoms with Crippen LogP contribution in [0.4, 0.5) is 0 Å². The minimum absolute atomic E-state index is 0.0204. The summed E-state index contributed by atoms with van der Waals surface area (Å²) in [6, 6.07) is 12.9. The zero-order valence-corrected chi connectivity index (χ0v) is 18.2. The van der Waals surface area contributed by atoms with Crippen LogP contribution in [-0.2, 0) is 11.2 Å². The van der Waals surface area contributed by atoms with Crippen LogP contribution >= 0.6 is 11.8 Å². The van der Waals surface area contributed by atoms with Gasteiger partial charge in [-0.25, -0.2) is 0 Å². The van der Waals surface area contributed by atoms with Gasteiger partial charge in [-0.3, -0.25) is 14.3 Å². The lowest BCUT2D eigenvalue weighted by atomic mass is 10.0. The van der Waals surface area contributed by atoms with E-state index in [0.717, 1.165) is 35.8 Å². The van der Waals surface area contributed by atoms with E-state index in [1.54, 1.807) is 12.4 Å². The van der Waals surface area contributed by atoms with E-state index in [1.807, 2.05) is 12.1 Å². The van der Waals surface area contributed by atoms with E-state index < -0.39 is 0 Å². The van der Waals surface area contributed by atoms with Crippen molar-refractivity contribution in [2.75, 3.05) is 12.3 Å². The van der Waals surface area contributed by atoms with Crippen molar-refractivity contribution in [1.29, 1.82) is 0 Å². The van der Waals surface area contributed by atoms with Gasteiger partial charge < -0.3 is 5.32 Å². The molecule has 1 aliphatic rings. The fraction of sp³-hybridized carbons (Fsp3) is 0.391. The standard InChI is InChI=1S/C23H27N5OS/c1-16(2)18-7-5-17(6-8-18)11-13-25-21(29)15-30-23-27-26-22(28(23)20-9-10-20)19-4-3-12-24-14-19/h3-8,12,14,16,20H,9-11,13,15H2,1-2H3,(H,25,29). The molecule has 30 heavy (non-hydrogen) atoms. The first-order valence-electron chi connectivity index (χ1n) is 10.5. The van der Waals surface area contributed by atoms with Crippen LogP contribution in [0, 0.1) is 0 Å². The Hall–Kier alpha value is -2.67. The third-order valence-electron chi connectivity index (χ3n) is 5.21. The van der Waals surface area contributed by atoms with E-state index in [-0.39, 0.29) is 5.91 Å². The molecule has 156 valence electrons. The maximum absolute atomic E-state index is 12.3. The Kier molecular flexibility index (Phi) is 6.47. The molecule has 2 aromatic heterocycles. The lowest BCUT2D eigenvalue weighted by Crippen LogP contribution is -2.27. The summed E-state index contributed by atoms with van der Waals surface area (Å²) in [6.45, 7) is 5.02. The number of amides is 1. The van der Waals surface area contributed by atoms with Crippen LogP contribution in [0.25, 0.3) is 11.4 Å². The van der Waals surface area contributed by atoms with Crippen molar-refractivity contribution in [2.45, 2.75) is 50.2 Å². The summed E-state index contributed by atoms with van der Waals surface area (Å²) in [5, 5.41) is 12.5. The first-order chi connectivity index (χ1) is 14.6. The summed E-state index contributed by atoms with van der Waals surface area (Å²) in [7, 11) is 0. The number of thioether (sulfide) groups is 1. The molecule has 1 fully saturated rings. The Labute approximate surface area is 181 Å². The number of hydrogen-bond acceptors (Lipinski definition) is 5. The number of benzene rings is 1. The van der Waals surface area contributed by atoms with Crippen molar-refractivity contribution in [3.05, 3.63) is 59.9 Å². The fourth-order valence-electron chi connectivity index (χ4n) is 3.33. The molecule has 0 bridgehead atoms. The number of aromatic nitrogens is 4. The summed E-state index contributed by atoms with van der Waals surface area (Å²) in [5.74, 6) is 1.72. The van der Waals surface area contributed by atoms with Gasteiger partial charge in [0, 0.05) is 30.5 Å². The molecule has 1 aromatic carbocycles. The molecule has 1 aliphatic carbocycles. The van der Waals surface area contributed by atoms with Crippen LogP contribution < -0.4 is 5.32 Å². The highest BCUT2D eigenvalue weighted by molar-refractivity contribution is 7.99. The van der Waals surface area contributed by atoms with Gasteiger partial charge in [-0.05, 0) is 48.4 Å². The second-order valence-electron chi connectivity index (χ2n) is 7.93. The van der Waals surface area contributed by atoms with Crippen LogP contribution in [-0.4, -0.2) is 38.0 Å². The molecule has 0 spiro atoms. The van der Waals surface area contributed by atoms with Crippen LogP contribution in [0.1, 0.15) is 49.8 Å². The third-order valence-corrected chi connectivity index (χ3v) is 6.15. The number of rotatable bonds is 9. The maximum atomic E-state index is 12.3. The molecule has 2 heterocycles. The molecule has 0 saturated heterocycles. The third kappa shape index (κ3) is 5.08. The quantitative estimate of drug-likeness (QED) is 0.523. The molecule has 4 rings (SSSR count). The van der Waals surface area contributed by atoms with Crippen molar-refractivity contribution in [3.8, 4) is 11.4 Å². The van der Waals surface area contributed by atoms with Gasteiger partial charge in [0.05, 0.1) is 5.75 Å². The molecule has 0 radical (unpaired) electrons. The van der Waals surface area contributed by atoms with Crippen molar-refractivity contribution in [1.82, 2.24) is 25.1 Å². The molecule has 1 amide bonds. The molecule has 6 nitrogen and oxygen atoms in total. The molecule has 7 heteroatoms. The van der Waals surface area contributed by atoms with E-state index in [9.17, 15) is 4.79 Å². The second-order valence-corrected chi connectivity index (χ2v) is 8.88. The summed E-state index contributed by atoms with van der Waals surface area (Å²) in [4.78, 5) is 16.5. The van der Waals surface area contributed by atoms with Crippen molar-refractivity contribution in [2.24, 2.45) is 0 Å². The van der Waals surface area contributed by atoms with E-state index >= 15 is 0 Å². The fourth-order valence-corrected chi connectivity index (χ4v) is 4.16. The molecule has 3 aromatic rings. The Bertz CT molecular complexity index is 981. The number of nitrogens with zero attached hydrogens (tertiary/aromatic N) is 4. The van der Waals surface area contributed by atoms with Crippen LogP contribution in [0.2, 0.25) is 0 Å². The molecular formula is C23H27N5OS. The largest absolute Gasteiger partial charge is 0.355 e. The Morgan fingerprint density at radius 1 is 1.20 bits per heavy atom. The van der Waals surface area contributed by atoms with Gasteiger partial charge in [0.2, 0.25) is 5.91 Å². The van der Waals surface area contributed by atoms with Crippen LogP contribution in [0.3, 0.4) is 0 Å². The van der Waals surface area contributed by atoms with Gasteiger partial charge in [-0.2, -0.15) is 0 Å². The highest BCUT2D eigenvalue weighted by Gasteiger charge is 2.30. The first-order valence-corrected chi connectivity index (χ1v) is 11.4. The zero-order chi connectivity index (χ0) is 20.9. The summed E-state index contributed by atoms with van der Waals surface area (Å²) in [5.41, 5.74) is 3.53. The number of pyridine rings is 1. The average Bonchev–Trinajstić information content (AvgIpc) is 3.52. The molecule has 1 N–H and O–H groups in total. The predicted molar refractivity (Wildman–Crippen MR) is 119 cm³/mol. The van der Waals surface area contributed by atoms with E-state index in [2.05, 4.69) is 63.2 Å². The Morgan fingerprint density at radius 3 is 2.67 bits per heavy atom. The lowest BCUT2D eigenvalue weighted by molar-refractivity contribution is -0.118. The topological polar surface area (TPSA) is 72.7 Å². The maximum Gasteiger partial charge on any atom is 0.230 e. The predicted octanol–water partition coefficient (Wildman–Crippen LogP) is 4.25. The minimum atomic E-state index is 0.0204. The SMILES string of the molecule is CC(C)c1ccc(CCNC(=O)CSc2nnc(-c3cccnc3)n2C2CC2)cc1. The highest BCUT2D eigenvalue weighted by atomic mass is 32.2. The van der Waals surface area contributed by atoms with E-state index in [4.69, 9.17) is 0 Å². The van der Waals surface area contributed by atoms with Crippen molar-refractivity contribution >= 4 is 17.7 Å². The average molecular weight is 422 g/mol. The van der Waals surface area contributed by atoms with Crippen LogP contribution in [0.15, 0.2) is 53.9 Å². The molecule has 0 aliphatic heterocycles. The number of carbonyl (C=O) groups is 1. The van der Waals surface area contributed by atoms with Gasteiger partial charge >= 0.3 is 0 Å². The minimum Gasteiger partial charge on any atom is -0.355 e. The Balaban J connectivity index is 1.29. The van der Waals surface area contributed by atoms with Crippen molar-refractivity contribution in [3.63, 3.8) is 0 Å². The van der Waals surface area contributed by atoms with E-state index in [0.29, 0.717) is 24.3 Å². The Morgan fingerprint density at radius 2 is 2.00 bits per heavy atom. The smallest absolute Gasteiger partial charge is 0.230 e. The van der Waals surface area contributed by atoms with Crippen molar-refractivity contribution < 1.29 is 4.79 Å². The normalized spacial score (nSPS) is 13.6. The van der Waals surface area contributed by atoms with Gasteiger partial charge in [0.1, 0.15) is 0 Å². The van der Waals surface area contributed by atoms with Gasteiger partial charge in [-0.1, -0.05) is 49.9 Å². The molecule has 0 unspecified atom stereocenters. The van der Waals surface area contributed by atoms with Gasteiger partial charge in [-0.15, -0.1) is 10.2 Å². The lowest BCUT2D eigenvalue weighted by Gasteiger charge is -2.09.